The highest BCUT2D eigenvalue weighted by Crippen LogP contribution is 2.37. The molecule has 0 fully saturated rings. The molecule has 0 atom stereocenters. The van der Waals surface area contributed by atoms with Crippen LogP contribution in [-0.4, -0.2) is 22.6 Å². The fraction of sp³-hybridized carbons (Fsp3) is 0.111. The van der Waals surface area contributed by atoms with E-state index < -0.39 is 8.07 Å². The van der Waals surface area contributed by atoms with Crippen molar-refractivity contribution in [2.45, 2.75) is 26.9 Å². The number of benzene rings is 4. The molecule has 0 N–H and O–H groups in total. The van der Waals surface area contributed by atoms with Crippen molar-refractivity contribution in [1.82, 2.24) is 14.5 Å². The van der Waals surface area contributed by atoms with Crippen LogP contribution in [0.2, 0.25) is 13.1 Å². The second-order valence-electron chi connectivity index (χ2n) is 11.1. The average molecular weight is 534 g/mol. The third kappa shape index (κ3) is 3.64. The van der Waals surface area contributed by atoms with Gasteiger partial charge in [0.05, 0.1) is 11.2 Å². The number of hydrogen-bond acceptors (Lipinski definition) is 2. The zero-order valence-corrected chi connectivity index (χ0v) is 24.3. The van der Waals surface area contributed by atoms with Gasteiger partial charge in [0, 0.05) is 44.3 Å². The van der Waals surface area contributed by atoms with Gasteiger partial charge < -0.3 is 4.57 Å². The number of aromatic nitrogens is 3. The SMILES string of the molecule is CC=Cc1c(C)n(-c2ccccc2)c2ccc(-c3nc(-c4ccccc4)c4c(n3)[Si](C)(C)c3ccccc3-4)cc12. The molecule has 0 saturated heterocycles. The van der Waals surface area contributed by atoms with Gasteiger partial charge in [0.1, 0.15) is 8.07 Å². The fourth-order valence-electron chi connectivity index (χ4n) is 6.34. The number of para-hydroxylation sites is 1. The molecule has 4 aromatic carbocycles. The van der Waals surface area contributed by atoms with Gasteiger partial charge in [-0.15, -0.1) is 0 Å². The quantitative estimate of drug-likeness (QED) is 0.216. The first-order valence-electron chi connectivity index (χ1n) is 13.9. The molecule has 6 aromatic rings. The summed E-state index contributed by atoms with van der Waals surface area (Å²) < 4.78 is 2.35. The predicted molar refractivity (Wildman–Crippen MR) is 171 cm³/mol. The van der Waals surface area contributed by atoms with Crippen molar-refractivity contribution >= 4 is 35.6 Å². The third-order valence-corrected chi connectivity index (χ3v) is 11.6. The van der Waals surface area contributed by atoms with Crippen LogP contribution >= 0.6 is 0 Å². The van der Waals surface area contributed by atoms with Crippen LogP contribution < -0.4 is 10.5 Å². The molecule has 7 rings (SSSR count). The van der Waals surface area contributed by atoms with Crippen LogP contribution in [0.3, 0.4) is 0 Å². The van der Waals surface area contributed by atoms with Crippen LogP contribution in [0.5, 0.6) is 0 Å². The summed E-state index contributed by atoms with van der Waals surface area (Å²) in [6.07, 6.45) is 4.33. The van der Waals surface area contributed by atoms with Gasteiger partial charge in [0.25, 0.3) is 0 Å². The minimum Gasteiger partial charge on any atom is -0.313 e. The van der Waals surface area contributed by atoms with E-state index in [9.17, 15) is 0 Å². The largest absolute Gasteiger partial charge is 0.313 e. The number of fused-ring (bicyclic) bond motifs is 4. The first-order chi connectivity index (χ1) is 19.5. The third-order valence-electron chi connectivity index (χ3n) is 8.28. The fourth-order valence-corrected chi connectivity index (χ4v) is 9.26. The van der Waals surface area contributed by atoms with Crippen LogP contribution in [0.4, 0.5) is 0 Å². The van der Waals surface area contributed by atoms with Crippen molar-refractivity contribution in [3.63, 3.8) is 0 Å². The lowest BCUT2D eigenvalue weighted by molar-refractivity contribution is 1.05. The van der Waals surface area contributed by atoms with Gasteiger partial charge in [0.2, 0.25) is 0 Å². The molecule has 0 unspecified atom stereocenters. The van der Waals surface area contributed by atoms with E-state index in [1.165, 1.54) is 49.5 Å². The molecule has 0 spiro atoms. The highest BCUT2D eigenvalue weighted by Gasteiger charge is 2.41. The summed E-state index contributed by atoms with van der Waals surface area (Å²) in [5, 5.41) is 3.88. The Morgan fingerprint density at radius 1 is 0.750 bits per heavy atom. The molecule has 1 aliphatic heterocycles. The Kier molecular flexibility index (Phi) is 5.68. The molecular formula is C36H31N3Si. The first kappa shape index (κ1) is 24.5. The van der Waals surface area contributed by atoms with E-state index in [1.54, 1.807) is 0 Å². The van der Waals surface area contributed by atoms with Gasteiger partial charge in [-0.25, -0.2) is 9.97 Å². The maximum atomic E-state index is 5.37. The lowest BCUT2D eigenvalue weighted by Crippen LogP contribution is -2.50. The van der Waals surface area contributed by atoms with Crippen LogP contribution in [0.25, 0.3) is 56.4 Å². The van der Waals surface area contributed by atoms with Crippen molar-refractivity contribution in [1.29, 1.82) is 0 Å². The Bertz CT molecular complexity index is 1930. The van der Waals surface area contributed by atoms with Crippen molar-refractivity contribution in [2.24, 2.45) is 0 Å². The minimum atomic E-state index is -2.00. The number of allylic oxidation sites excluding steroid dienone is 1. The Balaban J connectivity index is 1.50. The van der Waals surface area contributed by atoms with Gasteiger partial charge in [-0.1, -0.05) is 98.0 Å². The zero-order valence-electron chi connectivity index (χ0n) is 23.3. The number of nitrogens with zero attached hydrogens (tertiary/aromatic N) is 3. The molecule has 40 heavy (non-hydrogen) atoms. The van der Waals surface area contributed by atoms with Crippen molar-refractivity contribution in [2.75, 3.05) is 0 Å². The van der Waals surface area contributed by atoms with E-state index in [-0.39, 0.29) is 0 Å². The first-order valence-corrected chi connectivity index (χ1v) is 16.9. The molecule has 3 heterocycles. The molecule has 0 bridgehead atoms. The highest BCUT2D eigenvalue weighted by atomic mass is 28.3. The van der Waals surface area contributed by atoms with E-state index in [1.807, 2.05) is 0 Å². The van der Waals surface area contributed by atoms with E-state index in [0.717, 1.165) is 22.6 Å². The predicted octanol–water partition coefficient (Wildman–Crippen LogP) is 7.90. The molecule has 0 amide bonds. The van der Waals surface area contributed by atoms with Crippen molar-refractivity contribution in [3.8, 4) is 39.5 Å². The Hall–Kier alpha value is -4.54. The molecule has 194 valence electrons. The lowest BCUT2D eigenvalue weighted by atomic mass is 10.0. The molecule has 4 heteroatoms. The summed E-state index contributed by atoms with van der Waals surface area (Å²) in [5.74, 6) is 0.796. The Morgan fingerprint density at radius 2 is 1.45 bits per heavy atom. The monoisotopic (exact) mass is 533 g/mol. The summed E-state index contributed by atoms with van der Waals surface area (Å²) in [4.78, 5) is 10.7. The van der Waals surface area contributed by atoms with Crippen LogP contribution in [0, 0.1) is 6.92 Å². The minimum absolute atomic E-state index is 0.796. The smallest absolute Gasteiger partial charge is 0.159 e. The second kappa shape index (κ2) is 9.28. The van der Waals surface area contributed by atoms with E-state index in [4.69, 9.17) is 9.97 Å². The molecule has 1 aliphatic rings. The maximum Gasteiger partial charge on any atom is 0.159 e. The van der Waals surface area contributed by atoms with Crippen molar-refractivity contribution < 1.29 is 0 Å². The van der Waals surface area contributed by atoms with Gasteiger partial charge in [-0.2, -0.15) is 0 Å². The second-order valence-corrected chi connectivity index (χ2v) is 15.3. The normalized spacial score (nSPS) is 13.6. The van der Waals surface area contributed by atoms with Crippen molar-refractivity contribution in [3.05, 3.63) is 120 Å². The zero-order chi connectivity index (χ0) is 27.4. The van der Waals surface area contributed by atoms with Crippen LogP contribution in [0.1, 0.15) is 18.2 Å². The van der Waals surface area contributed by atoms with Gasteiger partial charge >= 0.3 is 0 Å². The summed E-state index contributed by atoms with van der Waals surface area (Å²) in [6, 6.07) is 36.7. The highest BCUT2D eigenvalue weighted by molar-refractivity contribution is 7.03. The van der Waals surface area contributed by atoms with E-state index >= 15 is 0 Å². The molecule has 0 radical (unpaired) electrons. The summed E-state index contributed by atoms with van der Waals surface area (Å²) in [6.45, 7) is 9.11. The summed E-state index contributed by atoms with van der Waals surface area (Å²) >= 11 is 0. The summed E-state index contributed by atoms with van der Waals surface area (Å²) in [7, 11) is -2.00. The standard InChI is InChI=1S/C36H31N3Si/c1-5-14-28-24(2)39(27-17-10-7-11-18-27)31-22-21-26(23-30(28)31)35-37-34(25-15-8-6-9-16-25)33-29-19-12-13-20-32(29)40(3,4)36(33)38-35/h5-23H,1-4H3. The molecule has 0 aliphatic carbocycles. The van der Waals surface area contributed by atoms with Gasteiger partial charge in [-0.3, -0.25) is 0 Å². The van der Waals surface area contributed by atoms with Crippen LogP contribution in [0.15, 0.2) is 109 Å². The topological polar surface area (TPSA) is 30.7 Å². The Morgan fingerprint density at radius 3 is 2.20 bits per heavy atom. The summed E-state index contributed by atoms with van der Waals surface area (Å²) in [5.41, 5.74) is 10.5. The van der Waals surface area contributed by atoms with Crippen LogP contribution in [-0.2, 0) is 0 Å². The van der Waals surface area contributed by atoms with E-state index in [2.05, 4.69) is 147 Å². The van der Waals surface area contributed by atoms with Gasteiger partial charge in [-0.05, 0) is 54.9 Å². The average Bonchev–Trinajstić information content (AvgIpc) is 3.40. The maximum absolute atomic E-state index is 5.37. The lowest BCUT2D eigenvalue weighted by Gasteiger charge is -2.19. The molecule has 3 nitrogen and oxygen atoms in total. The molecular weight excluding hydrogens is 503 g/mol. The van der Waals surface area contributed by atoms with E-state index in [0.29, 0.717) is 0 Å². The number of rotatable bonds is 4. The molecule has 0 saturated carbocycles. The molecule has 2 aromatic heterocycles. The number of hydrogen-bond donors (Lipinski definition) is 0. The Labute approximate surface area is 236 Å². The van der Waals surface area contributed by atoms with Gasteiger partial charge in [0.15, 0.2) is 5.82 Å².